The average molecular weight is 523 g/mol. The standard InChI is InChI=1S/C24H42N8O5/c1-4-20(33)29-18-10-27-7-14(18)24(37)32-19-11-28-8-15(19)23(36)31-16(12(2)3)5-21(34)30-17-9-26-6-13(17)22(25)35/h12-19,26-28H,4-11H2,1-3H3,(H2,25,35)(H,29,33)(H,30,34)(H,31,36)(H,32,37)/t13?,14?,15?,16-,17?,18?,19?/m1/s1. The Labute approximate surface area is 217 Å². The molecule has 3 saturated heterocycles. The Hall–Kier alpha value is -2.77. The van der Waals surface area contributed by atoms with E-state index >= 15 is 0 Å². The molecule has 0 aromatic rings. The molecule has 3 aliphatic heterocycles. The van der Waals surface area contributed by atoms with Crippen molar-refractivity contribution in [2.75, 3.05) is 39.3 Å². The molecule has 3 heterocycles. The highest BCUT2D eigenvalue weighted by atomic mass is 16.2. The number of nitrogens with one attached hydrogen (secondary N) is 7. The van der Waals surface area contributed by atoms with Crippen molar-refractivity contribution in [2.24, 2.45) is 29.4 Å². The van der Waals surface area contributed by atoms with Gasteiger partial charge in [0.1, 0.15) is 0 Å². The van der Waals surface area contributed by atoms with Crippen molar-refractivity contribution in [3.63, 3.8) is 0 Å². The van der Waals surface area contributed by atoms with Crippen LogP contribution in [0.15, 0.2) is 0 Å². The summed E-state index contributed by atoms with van der Waals surface area (Å²) >= 11 is 0. The summed E-state index contributed by atoms with van der Waals surface area (Å²) in [5.74, 6) is -2.66. The molecule has 0 aromatic heterocycles. The zero-order chi connectivity index (χ0) is 27.1. The largest absolute Gasteiger partial charge is 0.369 e. The molecule has 208 valence electrons. The summed E-state index contributed by atoms with van der Waals surface area (Å²) in [5.41, 5.74) is 5.43. The van der Waals surface area contributed by atoms with E-state index in [0.717, 1.165) is 0 Å². The van der Waals surface area contributed by atoms with Gasteiger partial charge in [0.25, 0.3) is 0 Å². The molecule has 5 amide bonds. The van der Waals surface area contributed by atoms with Gasteiger partial charge in [-0.25, -0.2) is 0 Å². The average Bonchev–Trinajstić information content (AvgIpc) is 3.59. The summed E-state index contributed by atoms with van der Waals surface area (Å²) in [6, 6.07) is -1.48. The number of hydrogen-bond donors (Lipinski definition) is 8. The molecule has 3 fully saturated rings. The number of carbonyl (C=O) groups is 5. The van der Waals surface area contributed by atoms with Crippen LogP contribution in [-0.2, 0) is 24.0 Å². The minimum absolute atomic E-state index is 0.0155. The van der Waals surface area contributed by atoms with E-state index in [1.54, 1.807) is 6.92 Å². The Balaban J connectivity index is 1.54. The first-order valence-electron chi connectivity index (χ1n) is 13.2. The molecule has 0 bridgehead atoms. The Kier molecular flexibility index (Phi) is 10.2. The van der Waals surface area contributed by atoms with Gasteiger partial charge in [-0.15, -0.1) is 0 Å². The van der Waals surface area contributed by atoms with E-state index in [1.165, 1.54) is 0 Å². The lowest BCUT2D eigenvalue weighted by Gasteiger charge is -2.28. The second-order valence-electron chi connectivity index (χ2n) is 10.6. The number of primary amides is 1. The molecule has 0 saturated carbocycles. The van der Waals surface area contributed by atoms with Crippen LogP contribution in [0.25, 0.3) is 0 Å². The number of hydrogen-bond acceptors (Lipinski definition) is 8. The monoisotopic (exact) mass is 522 g/mol. The van der Waals surface area contributed by atoms with Gasteiger partial charge >= 0.3 is 0 Å². The van der Waals surface area contributed by atoms with E-state index in [4.69, 9.17) is 5.73 Å². The van der Waals surface area contributed by atoms with Crippen molar-refractivity contribution in [3.05, 3.63) is 0 Å². The van der Waals surface area contributed by atoms with Crippen LogP contribution in [0.3, 0.4) is 0 Å². The molecule has 3 aliphatic rings. The fourth-order valence-corrected chi connectivity index (χ4v) is 5.15. The van der Waals surface area contributed by atoms with Gasteiger partial charge in [0, 0.05) is 58.2 Å². The van der Waals surface area contributed by atoms with Crippen LogP contribution in [0.1, 0.15) is 33.6 Å². The van der Waals surface area contributed by atoms with Crippen LogP contribution in [0.5, 0.6) is 0 Å². The molecule has 9 N–H and O–H groups in total. The highest BCUT2D eigenvalue weighted by Crippen LogP contribution is 2.16. The Morgan fingerprint density at radius 3 is 1.76 bits per heavy atom. The summed E-state index contributed by atoms with van der Waals surface area (Å²) in [5, 5.41) is 21.1. The van der Waals surface area contributed by atoms with E-state index in [0.29, 0.717) is 45.7 Å². The van der Waals surface area contributed by atoms with Crippen LogP contribution in [0.2, 0.25) is 0 Å². The zero-order valence-electron chi connectivity index (χ0n) is 21.9. The van der Waals surface area contributed by atoms with Crippen molar-refractivity contribution in [2.45, 2.75) is 57.8 Å². The topological polar surface area (TPSA) is 196 Å². The van der Waals surface area contributed by atoms with Crippen molar-refractivity contribution in [3.8, 4) is 0 Å². The molecule has 0 aliphatic carbocycles. The first-order chi connectivity index (χ1) is 17.6. The minimum atomic E-state index is -0.496. The summed E-state index contributed by atoms with van der Waals surface area (Å²) in [7, 11) is 0. The molecule has 6 unspecified atom stereocenters. The number of carbonyl (C=O) groups excluding carboxylic acids is 5. The lowest BCUT2D eigenvalue weighted by Crippen LogP contribution is -2.53. The maximum absolute atomic E-state index is 13.2. The van der Waals surface area contributed by atoms with Gasteiger partial charge in [0.15, 0.2) is 0 Å². The molecule has 0 spiro atoms. The summed E-state index contributed by atoms with van der Waals surface area (Å²) < 4.78 is 0. The fraction of sp³-hybridized carbons (Fsp3) is 0.792. The molecular formula is C24H42N8O5. The molecule has 37 heavy (non-hydrogen) atoms. The highest BCUT2D eigenvalue weighted by molar-refractivity contribution is 5.86. The van der Waals surface area contributed by atoms with Gasteiger partial charge in [-0.3, -0.25) is 24.0 Å². The molecule has 0 aromatic carbocycles. The van der Waals surface area contributed by atoms with Crippen molar-refractivity contribution in [1.29, 1.82) is 0 Å². The summed E-state index contributed by atoms with van der Waals surface area (Å²) in [4.78, 5) is 62.4. The third kappa shape index (κ3) is 7.62. The van der Waals surface area contributed by atoms with E-state index in [2.05, 4.69) is 37.2 Å². The van der Waals surface area contributed by atoms with E-state index < -0.39 is 35.7 Å². The van der Waals surface area contributed by atoms with Gasteiger partial charge in [0.05, 0.1) is 35.9 Å². The third-order valence-corrected chi connectivity index (χ3v) is 7.56. The van der Waals surface area contributed by atoms with E-state index in [-0.39, 0.29) is 48.1 Å². The SMILES string of the molecule is CCC(=O)NC1CNCC1C(=O)NC1CNCC1C(=O)N[C@H](CC(=O)NC1CNCC1C(N)=O)C(C)C. The predicted molar refractivity (Wildman–Crippen MR) is 136 cm³/mol. The normalized spacial score (nSPS) is 30.1. The molecule has 7 atom stereocenters. The molecule has 0 radical (unpaired) electrons. The lowest BCUT2D eigenvalue weighted by atomic mass is 9.96. The summed E-state index contributed by atoms with van der Waals surface area (Å²) in [6.07, 6.45) is 0.410. The van der Waals surface area contributed by atoms with Crippen LogP contribution in [-0.4, -0.2) is 93.0 Å². The van der Waals surface area contributed by atoms with Gasteiger partial charge in [-0.1, -0.05) is 20.8 Å². The Morgan fingerprint density at radius 2 is 1.22 bits per heavy atom. The summed E-state index contributed by atoms with van der Waals surface area (Å²) in [6.45, 7) is 8.32. The maximum Gasteiger partial charge on any atom is 0.226 e. The quantitative estimate of drug-likeness (QED) is 0.137. The van der Waals surface area contributed by atoms with Gasteiger partial charge < -0.3 is 43.0 Å². The predicted octanol–water partition coefficient (Wildman–Crippen LogP) is -3.47. The minimum Gasteiger partial charge on any atom is -0.369 e. The first-order valence-corrected chi connectivity index (χ1v) is 13.2. The molecule has 13 heteroatoms. The van der Waals surface area contributed by atoms with Crippen LogP contribution in [0, 0.1) is 23.7 Å². The fourth-order valence-electron chi connectivity index (χ4n) is 5.15. The zero-order valence-corrected chi connectivity index (χ0v) is 21.9. The number of nitrogens with two attached hydrogens (primary N) is 1. The maximum atomic E-state index is 13.2. The lowest BCUT2D eigenvalue weighted by molar-refractivity contribution is -0.128. The smallest absolute Gasteiger partial charge is 0.226 e. The van der Waals surface area contributed by atoms with E-state index in [9.17, 15) is 24.0 Å². The molecule has 13 nitrogen and oxygen atoms in total. The van der Waals surface area contributed by atoms with Gasteiger partial charge in [0.2, 0.25) is 29.5 Å². The third-order valence-electron chi connectivity index (χ3n) is 7.56. The first kappa shape index (κ1) is 28.8. The number of rotatable bonds is 11. The molecular weight excluding hydrogens is 480 g/mol. The second kappa shape index (κ2) is 13.2. The highest BCUT2D eigenvalue weighted by Gasteiger charge is 2.40. The van der Waals surface area contributed by atoms with Crippen molar-refractivity contribution in [1.82, 2.24) is 37.2 Å². The van der Waals surface area contributed by atoms with Crippen molar-refractivity contribution >= 4 is 29.5 Å². The second-order valence-corrected chi connectivity index (χ2v) is 10.6. The van der Waals surface area contributed by atoms with Gasteiger partial charge in [-0.2, -0.15) is 0 Å². The van der Waals surface area contributed by atoms with Crippen molar-refractivity contribution < 1.29 is 24.0 Å². The van der Waals surface area contributed by atoms with E-state index in [1.807, 2.05) is 13.8 Å². The number of amides is 5. The van der Waals surface area contributed by atoms with Crippen LogP contribution in [0.4, 0.5) is 0 Å². The van der Waals surface area contributed by atoms with Gasteiger partial charge in [-0.05, 0) is 5.92 Å². The Bertz CT molecular complexity index is 868. The molecule has 3 rings (SSSR count). The van der Waals surface area contributed by atoms with Crippen LogP contribution >= 0.6 is 0 Å². The van der Waals surface area contributed by atoms with Crippen LogP contribution < -0.4 is 43.0 Å². The Morgan fingerprint density at radius 1 is 0.730 bits per heavy atom.